The van der Waals surface area contributed by atoms with E-state index in [-0.39, 0.29) is 17.4 Å². The van der Waals surface area contributed by atoms with Crippen molar-refractivity contribution in [2.75, 3.05) is 13.2 Å². The number of rotatable bonds is 11. The predicted molar refractivity (Wildman–Crippen MR) is 137 cm³/mol. The van der Waals surface area contributed by atoms with Gasteiger partial charge in [0.05, 0.1) is 6.61 Å². The zero-order valence-electron chi connectivity index (χ0n) is 22.9. The molecule has 0 bridgehead atoms. The van der Waals surface area contributed by atoms with Crippen molar-refractivity contribution in [3.8, 4) is 11.5 Å². The van der Waals surface area contributed by atoms with Gasteiger partial charge in [-0.1, -0.05) is 66.0 Å². The molecule has 1 aliphatic rings. The van der Waals surface area contributed by atoms with Crippen molar-refractivity contribution < 1.29 is 36.2 Å². The molecule has 3 nitrogen and oxygen atoms in total. The maximum Gasteiger partial charge on any atom is 0.206 e. The number of ether oxygens (including phenoxy) is 3. The minimum Gasteiger partial charge on any atom is -0.485 e. The largest absolute Gasteiger partial charge is 0.485 e. The van der Waals surface area contributed by atoms with Crippen LogP contribution in [-0.2, 0) is 4.74 Å². The fraction of sp³-hybridized carbons (Fsp3) is 0.600. The molecular weight excluding hydrogens is 503 g/mol. The Kier molecular flexibility index (Phi) is 10.1. The second-order valence-electron chi connectivity index (χ2n) is 11.3. The predicted octanol–water partition coefficient (Wildman–Crippen LogP) is 9.08. The first-order valence-electron chi connectivity index (χ1n) is 13.4. The van der Waals surface area contributed by atoms with Gasteiger partial charge in [0, 0.05) is 6.42 Å². The Balaban J connectivity index is 1.75. The molecule has 2 atom stereocenters. The molecule has 0 N–H and O–H groups in total. The van der Waals surface area contributed by atoms with Crippen molar-refractivity contribution in [1.82, 2.24) is 0 Å². The summed E-state index contributed by atoms with van der Waals surface area (Å²) in [6.45, 7) is 10.3. The van der Waals surface area contributed by atoms with Crippen molar-refractivity contribution in [3.63, 3.8) is 0 Å². The fourth-order valence-corrected chi connectivity index (χ4v) is 5.24. The Morgan fingerprint density at radius 2 is 1.37 bits per heavy atom. The minimum absolute atomic E-state index is 0.0231. The van der Waals surface area contributed by atoms with Gasteiger partial charge < -0.3 is 14.2 Å². The highest BCUT2D eigenvalue weighted by atomic mass is 19.2. The van der Waals surface area contributed by atoms with E-state index in [4.69, 9.17) is 14.2 Å². The smallest absolute Gasteiger partial charge is 0.206 e. The molecule has 0 radical (unpaired) electrons. The monoisotopic (exact) mass is 542 g/mol. The summed E-state index contributed by atoms with van der Waals surface area (Å²) in [4.78, 5) is 0. The van der Waals surface area contributed by atoms with Crippen LogP contribution in [0.5, 0.6) is 11.5 Å². The standard InChI is InChI=1S/C30H39F5O3/c1-6-19(2)20-10-12-21(13-11-20)38-22(18-30(29(3,4)5)14-8-7-9-15-30)36-16-17-37-28-26(34)24(32)23(31)25(33)27(28)35/h10-13,19,22H,6-9,14-18H2,1-5H3. The van der Waals surface area contributed by atoms with Gasteiger partial charge in [0.15, 0.2) is 5.75 Å². The van der Waals surface area contributed by atoms with Crippen LogP contribution in [0.15, 0.2) is 24.3 Å². The van der Waals surface area contributed by atoms with E-state index in [2.05, 4.69) is 34.6 Å². The highest BCUT2D eigenvalue weighted by Crippen LogP contribution is 2.53. The SMILES string of the molecule is CCC(C)c1ccc(OC(CC2(C(C)(C)C)CCCCC2)OCCOc2c(F)c(F)c(F)c(F)c2F)cc1. The lowest BCUT2D eigenvalue weighted by Gasteiger charge is -2.49. The van der Waals surface area contributed by atoms with Crippen LogP contribution in [0.2, 0.25) is 0 Å². The molecule has 8 heteroatoms. The van der Waals surface area contributed by atoms with E-state index in [0.717, 1.165) is 32.1 Å². The first kappa shape index (κ1) is 30.2. The average Bonchev–Trinajstić information content (AvgIpc) is 2.90. The minimum atomic E-state index is -2.23. The molecule has 212 valence electrons. The van der Waals surface area contributed by atoms with Gasteiger partial charge in [-0.05, 0) is 53.7 Å². The molecule has 1 saturated carbocycles. The molecule has 0 saturated heterocycles. The summed E-state index contributed by atoms with van der Waals surface area (Å²) < 4.78 is 85.5. The van der Waals surface area contributed by atoms with Gasteiger partial charge in [0.2, 0.25) is 35.4 Å². The lowest BCUT2D eigenvalue weighted by Crippen LogP contribution is -2.42. The average molecular weight is 543 g/mol. The third-order valence-corrected chi connectivity index (χ3v) is 8.09. The van der Waals surface area contributed by atoms with Crippen LogP contribution in [0.4, 0.5) is 22.0 Å². The number of benzene rings is 2. The van der Waals surface area contributed by atoms with E-state index in [9.17, 15) is 22.0 Å². The van der Waals surface area contributed by atoms with Crippen LogP contribution in [-0.4, -0.2) is 19.5 Å². The second kappa shape index (κ2) is 12.7. The molecule has 0 spiro atoms. The molecule has 2 aromatic carbocycles. The Morgan fingerprint density at radius 3 is 1.89 bits per heavy atom. The van der Waals surface area contributed by atoms with Crippen molar-refractivity contribution in [2.24, 2.45) is 10.8 Å². The van der Waals surface area contributed by atoms with Crippen molar-refractivity contribution in [2.45, 2.75) is 91.8 Å². The Hall–Kier alpha value is -2.35. The summed E-state index contributed by atoms with van der Waals surface area (Å²) in [6.07, 6.45) is 6.35. The van der Waals surface area contributed by atoms with Gasteiger partial charge in [0.25, 0.3) is 0 Å². The lowest BCUT2D eigenvalue weighted by molar-refractivity contribution is -0.133. The summed E-state index contributed by atoms with van der Waals surface area (Å²) in [5.41, 5.74) is 1.13. The Bertz CT molecular complexity index is 1030. The van der Waals surface area contributed by atoms with Crippen LogP contribution in [0.25, 0.3) is 0 Å². The maximum absolute atomic E-state index is 14.0. The first-order valence-corrected chi connectivity index (χ1v) is 13.4. The molecule has 1 aliphatic carbocycles. The summed E-state index contributed by atoms with van der Waals surface area (Å²) in [7, 11) is 0. The third-order valence-electron chi connectivity index (χ3n) is 8.09. The zero-order valence-corrected chi connectivity index (χ0v) is 22.9. The molecule has 3 rings (SSSR count). The molecule has 2 aromatic rings. The Morgan fingerprint density at radius 1 is 0.816 bits per heavy atom. The van der Waals surface area contributed by atoms with E-state index in [1.165, 1.54) is 12.0 Å². The molecule has 0 aliphatic heterocycles. The van der Waals surface area contributed by atoms with Gasteiger partial charge >= 0.3 is 0 Å². The van der Waals surface area contributed by atoms with Crippen molar-refractivity contribution in [1.29, 1.82) is 0 Å². The summed E-state index contributed by atoms with van der Waals surface area (Å²) >= 11 is 0. The number of hydrogen-bond donors (Lipinski definition) is 0. The zero-order chi connectivity index (χ0) is 28.1. The van der Waals surface area contributed by atoms with E-state index in [1.54, 1.807) is 0 Å². The second-order valence-corrected chi connectivity index (χ2v) is 11.3. The van der Waals surface area contributed by atoms with E-state index >= 15 is 0 Å². The van der Waals surface area contributed by atoms with Crippen LogP contribution < -0.4 is 9.47 Å². The van der Waals surface area contributed by atoms with Gasteiger partial charge in [0.1, 0.15) is 12.4 Å². The summed E-state index contributed by atoms with van der Waals surface area (Å²) in [5, 5.41) is 0. The van der Waals surface area contributed by atoms with Gasteiger partial charge in [-0.3, -0.25) is 0 Å². The normalized spacial score (nSPS) is 17.2. The van der Waals surface area contributed by atoms with E-state index in [0.29, 0.717) is 18.1 Å². The molecule has 38 heavy (non-hydrogen) atoms. The summed E-state index contributed by atoms with van der Waals surface area (Å²) in [6, 6.07) is 7.83. The molecular formula is C30H39F5O3. The quantitative estimate of drug-likeness (QED) is 0.0932. The lowest BCUT2D eigenvalue weighted by atomic mass is 9.57. The van der Waals surface area contributed by atoms with E-state index < -0.39 is 47.7 Å². The molecule has 2 unspecified atom stereocenters. The topological polar surface area (TPSA) is 27.7 Å². The number of halogens is 5. The van der Waals surface area contributed by atoms with Gasteiger partial charge in [-0.15, -0.1) is 0 Å². The fourth-order valence-electron chi connectivity index (χ4n) is 5.24. The van der Waals surface area contributed by atoms with E-state index in [1.807, 2.05) is 24.3 Å². The van der Waals surface area contributed by atoms with Crippen LogP contribution in [0.1, 0.15) is 91.0 Å². The first-order chi connectivity index (χ1) is 17.9. The third kappa shape index (κ3) is 6.80. The Labute approximate surface area is 222 Å². The maximum atomic E-state index is 14.0. The molecule has 0 amide bonds. The van der Waals surface area contributed by atoms with Gasteiger partial charge in [-0.2, -0.15) is 8.78 Å². The number of hydrogen-bond acceptors (Lipinski definition) is 3. The highest BCUT2D eigenvalue weighted by Gasteiger charge is 2.44. The van der Waals surface area contributed by atoms with Crippen LogP contribution in [0.3, 0.4) is 0 Å². The molecule has 0 aromatic heterocycles. The van der Waals surface area contributed by atoms with Gasteiger partial charge in [-0.25, -0.2) is 13.2 Å². The summed E-state index contributed by atoms with van der Waals surface area (Å²) in [5.74, 6) is -10.6. The molecule has 1 fully saturated rings. The van der Waals surface area contributed by atoms with Crippen molar-refractivity contribution >= 4 is 0 Å². The molecule has 0 heterocycles. The van der Waals surface area contributed by atoms with Crippen LogP contribution >= 0.6 is 0 Å². The van der Waals surface area contributed by atoms with Crippen molar-refractivity contribution in [3.05, 3.63) is 58.9 Å². The highest BCUT2D eigenvalue weighted by molar-refractivity contribution is 5.30. The van der Waals surface area contributed by atoms with Crippen LogP contribution in [0, 0.1) is 39.9 Å².